The van der Waals surface area contributed by atoms with Crippen LogP contribution in [0.25, 0.3) is 0 Å². The predicted molar refractivity (Wildman–Crippen MR) is 103 cm³/mol. The monoisotopic (exact) mass is 380 g/mol. The molecule has 6 nitrogen and oxygen atoms in total. The van der Waals surface area contributed by atoms with Gasteiger partial charge in [-0.05, 0) is 36.4 Å². The van der Waals surface area contributed by atoms with Gasteiger partial charge in [-0.15, -0.1) is 0 Å². The number of pyridine rings is 1. The van der Waals surface area contributed by atoms with Crippen LogP contribution in [0.3, 0.4) is 0 Å². The number of carbonyl (C=O) groups excluding carboxylic acids is 2. The highest BCUT2D eigenvalue weighted by molar-refractivity contribution is 7.99. The smallest absolute Gasteiger partial charge is 0.344 e. The lowest BCUT2D eigenvalue weighted by Crippen LogP contribution is -2.24. The molecule has 136 valence electrons. The molecule has 0 atom stereocenters. The normalized spacial score (nSPS) is 10.2. The molecule has 0 fully saturated rings. The average Bonchev–Trinajstić information content (AvgIpc) is 2.69. The van der Waals surface area contributed by atoms with E-state index in [0.717, 1.165) is 9.79 Å². The Morgan fingerprint density at radius 2 is 1.70 bits per heavy atom. The van der Waals surface area contributed by atoms with Gasteiger partial charge >= 0.3 is 5.97 Å². The van der Waals surface area contributed by atoms with Crippen LogP contribution < -0.4 is 10.9 Å². The van der Waals surface area contributed by atoms with Crippen LogP contribution in [-0.4, -0.2) is 23.5 Å². The van der Waals surface area contributed by atoms with Crippen LogP contribution >= 0.6 is 11.8 Å². The van der Waals surface area contributed by atoms with Gasteiger partial charge < -0.3 is 15.0 Å². The number of anilines is 1. The predicted octanol–water partition coefficient (Wildman–Crippen LogP) is 3.32. The number of H-pyrrole nitrogens is 1. The Morgan fingerprint density at radius 3 is 2.48 bits per heavy atom. The third-order valence-corrected chi connectivity index (χ3v) is 4.59. The summed E-state index contributed by atoms with van der Waals surface area (Å²) in [5, 5.41) is 2.73. The minimum Gasteiger partial charge on any atom is -0.452 e. The molecule has 7 heteroatoms. The van der Waals surface area contributed by atoms with Crippen molar-refractivity contribution in [3.63, 3.8) is 0 Å². The minimum absolute atomic E-state index is 0.148. The second-order valence-corrected chi connectivity index (χ2v) is 6.56. The van der Waals surface area contributed by atoms with E-state index in [-0.39, 0.29) is 5.56 Å². The van der Waals surface area contributed by atoms with Crippen molar-refractivity contribution >= 4 is 29.3 Å². The van der Waals surface area contributed by atoms with E-state index in [1.54, 1.807) is 12.1 Å². The summed E-state index contributed by atoms with van der Waals surface area (Å²) in [4.78, 5) is 39.9. The molecule has 0 spiro atoms. The lowest BCUT2D eigenvalue weighted by molar-refractivity contribution is -0.119. The first-order valence-corrected chi connectivity index (χ1v) is 8.92. The first-order valence-electron chi connectivity index (χ1n) is 8.10. The number of esters is 1. The molecule has 0 unspecified atom stereocenters. The van der Waals surface area contributed by atoms with E-state index in [1.165, 1.54) is 30.1 Å². The van der Waals surface area contributed by atoms with Crippen LogP contribution in [0.1, 0.15) is 10.4 Å². The number of hydrogen-bond donors (Lipinski definition) is 2. The van der Waals surface area contributed by atoms with Gasteiger partial charge in [0.05, 0.1) is 5.69 Å². The highest BCUT2D eigenvalue weighted by Gasteiger charge is 2.14. The number of hydrogen-bond acceptors (Lipinski definition) is 5. The Morgan fingerprint density at radius 1 is 0.963 bits per heavy atom. The molecule has 0 bridgehead atoms. The Hall–Kier alpha value is -3.32. The van der Waals surface area contributed by atoms with Gasteiger partial charge in [-0.2, -0.15) is 0 Å². The standard InChI is InChI=1S/C20H16N2O4S/c23-18(13-26-20(25)15-9-6-12-21-19(15)24)22-16-10-4-5-11-17(16)27-14-7-2-1-3-8-14/h1-12H,13H2,(H,21,24)(H,22,23). The van der Waals surface area contributed by atoms with Crippen molar-refractivity contribution in [3.8, 4) is 0 Å². The zero-order valence-corrected chi connectivity index (χ0v) is 15.0. The van der Waals surface area contributed by atoms with Crippen molar-refractivity contribution in [2.45, 2.75) is 9.79 Å². The molecule has 27 heavy (non-hydrogen) atoms. The fraction of sp³-hybridized carbons (Fsp3) is 0.0500. The summed E-state index contributed by atoms with van der Waals surface area (Å²) < 4.78 is 4.92. The van der Waals surface area contributed by atoms with Crippen molar-refractivity contribution in [3.05, 3.63) is 88.8 Å². The van der Waals surface area contributed by atoms with E-state index in [1.807, 2.05) is 42.5 Å². The van der Waals surface area contributed by atoms with Crippen molar-refractivity contribution in [2.75, 3.05) is 11.9 Å². The van der Waals surface area contributed by atoms with Gasteiger partial charge in [-0.3, -0.25) is 9.59 Å². The van der Waals surface area contributed by atoms with Crippen LogP contribution in [0.5, 0.6) is 0 Å². The van der Waals surface area contributed by atoms with E-state index in [2.05, 4.69) is 10.3 Å². The fourth-order valence-corrected chi connectivity index (χ4v) is 3.17. The zero-order valence-electron chi connectivity index (χ0n) is 14.2. The molecule has 1 aromatic heterocycles. The van der Waals surface area contributed by atoms with Crippen LogP contribution in [0.4, 0.5) is 5.69 Å². The molecule has 0 aliphatic carbocycles. The summed E-state index contributed by atoms with van der Waals surface area (Å²) in [6.07, 6.45) is 1.41. The molecule has 2 aromatic carbocycles. The van der Waals surface area contributed by atoms with E-state index in [0.29, 0.717) is 5.69 Å². The maximum atomic E-state index is 12.2. The number of amides is 1. The third kappa shape index (κ3) is 5.08. The quantitative estimate of drug-likeness (QED) is 0.641. The van der Waals surface area contributed by atoms with E-state index < -0.39 is 24.0 Å². The molecule has 3 aromatic rings. The van der Waals surface area contributed by atoms with Crippen molar-refractivity contribution in [2.24, 2.45) is 0 Å². The Labute approximate surface area is 159 Å². The molecule has 3 rings (SSSR count). The Kier molecular flexibility index (Phi) is 6.06. The third-order valence-electron chi connectivity index (χ3n) is 3.50. The van der Waals surface area contributed by atoms with Gasteiger partial charge in [0.15, 0.2) is 6.61 Å². The number of aromatic nitrogens is 1. The summed E-state index contributed by atoms with van der Waals surface area (Å²) >= 11 is 1.51. The molecule has 0 aliphatic heterocycles. The highest BCUT2D eigenvalue weighted by Crippen LogP contribution is 2.33. The molecule has 0 radical (unpaired) electrons. The second kappa shape index (κ2) is 8.86. The maximum absolute atomic E-state index is 12.2. The van der Waals surface area contributed by atoms with Crippen LogP contribution in [0.15, 0.2) is 87.5 Å². The summed E-state index contributed by atoms with van der Waals surface area (Å²) in [6, 6.07) is 20.0. The van der Waals surface area contributed by atoms with Gasteiger partial charge in [0.2, 0.25) is 0 Å². The molecule has 0 saturated carbocycles. The molecule has 2 N–H and O–H groups in total. The number of nitrogens with one attached hydrogen (secondary N) is 2. The molecule has 1 amide bonds. The zero-order chi connectivity index (χ0) is 19.1. The maximum Gasteiger partial charge on any atom is 0.344 e. The highest BCUT2D eigenvalue weighted by atomic mass is 32.2. The largest absolute Gasteiger partial charge is 0.452 e. The SMILES string of the molecule is O=C(COC(=O)c1ccc[nH]c1=O)Nc1ccccc1Sc1ccccc1. The van der Waals surface area contributed by atoms with Crippen LogP contribution in [0, 0.1) is 0 Å². The van der Waals surface area contributed by atoms with E-state index >= 15 is 0 Å². The van der Waals surface area contributed by atoms with Crippen molar-refractivity contribution in [1.82, 2.24) is 4.98 Å². The number of rotatable bonds is 6. The van der Waals surface area contributed by atoms with Crippen molar-refractivity contribution in [1.29, 1.82) is 0 Å². The van der Waals surface area contributed by atoms with Crippen LogP contribution in [0.2, 0.25) is 0 Å². The van der Waals surface area contributed by atoms with Gasteiger partial charge in [-0.25, -0.2) is 4.79 Å². The van der Waals surface area contributed by atoms with Crippen LogP contribution in [-0.2, 0) is 9.53 Å². The molecular weight excluding hydrogens is 364 g/mol. The lowest BCUT2D eigenvalue weighted by atomic mass is 10.3. The first kappa shape index (κ1) is 18.5. The van der Waals surface area contributed by atoms with Gasteiger partial charge in [0.1, 0.15) is 5.56 Å². The first-order chi connectivity index (χ1) is 13.1. The number of para-hydroxylation sites is 1. The Bertz CT molecular complexity index is 1000. The average molecular weight is 380 g/mol. The Balaban J connectivity index is 1.62. The summed E-state index contributed by atoms with van der Waals surface area (Å²) in [7, 11) is 0. The minimum atomic E-state index is -0.848. The molecule has 1 heterocycles. The van der Waals surface area contributed by atoms with Gasteiger partial charge in [0.25, 0.3) is 11.5 Å². The van der Waals surface area contributed by atoms with Gasteiger partial charge in [-0.1, -0.05) is 42.1 Å². The lowest BCUT2D eigenvalue weighted by Gasteiger charge is -2.11. The van der Waals surface area contributed by atoms with E-state index in [4.69, 9.17) is 4.74 Å². The second-order valence-electron chi connectivity index (χ2n) is 5.45. The summed E-state index contributed by atoms with van der Waals surface area (Å²) in [5.74, 6) is -1.34. The summed E-state index contributed by atoms with van der Waals surface area (Å²) in [6.45, 7) is -0.489. The number of benzene rings is 2. The molecule has 0 saturated heterocycles. The number of ether oxygens (including phenoxy) is 1. The summed E-state index contributed by atoms with van der Waals surface area (Å²) in [5.41, 5.74) is -0.0946. The number of carbonyl (C=O) groups is 2. The molecule has 0 aliphatic rings. The van der Waals surface area contributed by atoms with Gasteiger partial charge in [0, 0.05) is 16.0 Å². The van der Waals surface area contributed by atoms with E-state index in [9.17, 15) is 14.4 Å². The number of aromatic amines is 1. The van der Waals surface area contributed by atoms with Crippen molar-refractivity contribution < 1.29 is 14.3 Å². The fourth-order valence-electron chi connectivity index (χ4n) is 2.25. The molecular formula is C20H16N2O4S. The topological polar surface area (TPSA) is 88.3 Å².